The first-order valence-corrected chi connectivity index (χ1v) is 9.98. The van der Waals surface area contributed by atoms with Gasteiger partial charge in [-0.3, -0.25) is 4.79 Å². The molecular formula is C20H18F2N2O4S. The van der Waals surface area contributed by atoms with Crippen LogP contribution in [-0.4, -0.2) is 22.5 Å². The highest BCUT2D eigenvalue weighted by Gasteiger charge is 2.23. The fourth-order valence-electron chi connectivity index (χ4n) is 3.48. The van der Waals surface area contributed by atoms with Gasteiger partial charge in [0.25, 0.3) is 5.56 Å². The molecule has 2 aromatic heterocycles. The Hall–Kier alpha value is -2.81. The number of benzene rings is 1. The molecule has 3 aromatic rings. The van der Waals surface area contributed by atoms with E-state index in [2.05, 4.69) is 21.6 Å². The van der Waals surface area contributed by atoms with E-state index in [1.807, 2.05) is 0 Å². The van der Waals surface area contributed by atoms with Gasteiger partial charge in [0.1, 0.15) is 23.0 Å². The summed E-state index contributed by atoms with van der Waals surface area (Å²) in [6.45, 7) is -1.03. The number of thiophene rings is 1. The monoisotopic (exact) mass is 420 g/mol. The number of carbonyl (C=O) groups is 1. The zero-order chi connectivity index (χ0) is 20.5. The van der Waals surface area contributed by atoms with Crippen molar-refractivity contribution in [2.24, 2.45) is 5.92 Å². The number of fused-ring (bicyclic) bond motifs is 3. The predicted molar refractivity (Wildman–Crippen MR) is 104 cm³/mol. The summed E-state index contributed by atoms with van der Waals surface area (Å²) in [5.41, 5.74) is 0.906. The number of alkyl halides is 2. The van der Waals surface area contributed by atoms with Crippen LogP contribution in [0.15, 0.2) is 29.1 Å². The molecule has 9 heteroatoms. The number of nitrogens with one attached hydrogen (secondary N) is 1. The number of hydrogen-bond donors (Lipinski definition) is 1. The summed E-state index contributed by atoms with van der Waals surface area (Å²) in [5, 5.41) is 0.629. The average Bonchev–Trinajstić information content (AvgIpc) is 3.03. The van der Waals surface area contributed by atoms with E-state index < -0.39 is 12.6 Å². The summed E-state index contributed by atoms with van der Waals surface area (Å²) in [4.78, 5) is 33.7. The predicted octanol–water partition coefficient (Wildman–Crippen LogP) is 4.07. The number of nitrogens with zero attached hydrogens (tertiary/aromatic N) is 1. The molecule has 0 radical (unpaired) electrons. The number of carbonyl (C=O) groups excluding carboxylic acids is 1. The van der Waals surface area contributed by atoms with Crippen LogP contribution < -0.4 is 10.3 Å². The van der Waals surface area contributed by atoms with Crippen LogP contribution in [-0.2, 0) is 24.2 Å². The van der Waals surface area contributed by atoms with E-state index in [1.54, 1.807) is 0 Å². The quantitative estimate of drug-likeness (QED) is 0.630. The number of rotatable bonds is 5. The van der Waals surface area contributed by atoms with Gasteiger partial charge in [0.05, 0.1) is 10.9 Å². The molecule has 6 nitrogen and oxygen atoms in total. The van der Waals surface area contributed by atoms with E-state index in [1.165, 1.54) is 40.5 Å². The number of H-pyrrole nitrogens is 1. The van der Waals surface area contributed by atoms with Crippen LogP contribution in [0.1, 0.15) is 40.0 Å². The third-order valence-corrected chi connectivity index (χ3v) is 6.00. The second-order valence-corrected chi connectivity index (χ2v) is 8.11. The van der Waals surface area contributed by atoms with E-state index in [4.69, 9.17) is 4.74 Å². The molecule has 0 amide bonds. The second-order valence-electron chi connectivity index (χ2n) is 7.03. The topological polar surface area (TPSA) is 81.3 Å². The van der Waals surface area contributed by atoms with Crippen molar-refractivity contribution in [1.29, 1.82) is 0 Å². The Morgan fingerprint density at radius 1 is 1.41 bits per heavy atom. The summed E-state index contributed by atoms with van der Waals surface area (Å²) in [6.07, 6.45) is 2.86. The van der Waals surface area contributed by atoms with Crippen molar-refractivity contribution in [2.75, 3.05) is 0 Å². The van der Waals surface area contributed by atoms with Gasteiger partial charge in [-0.2, -0.15) is 8.78 Å². The minimum Gasteiger partial charge on any atom is -0.454 e. The number of aromatic amines is 1. The molecule has 0 unspecified atom stereocenters. The molecule has 0 bridgehead atoms. The van der Waals surface area contributed by atoms with Crippen LogP contribution in [0, 0.1) is 5.92 Å². The van der Waals surface area contributed by atoms with Gasteiger partial charge in [-0.1, -0.05) is 13.0 Å². The summed E-state index contributed by atoms with van der Waals surface area (Å²) >= 11 is 1.51. The fourth-order valence-corrected chi connectivity index (χ4v) is 4.88. The smallest absolute Gasteiger partial charge is 0.387 e. The molecule has 29 heavy (non-hydrogen) atoms. The van der Waals surface area contributed by atoms with Gasteiger partial charge in [0.15, 0.2) is 0 Å². The minimum atomic E-state index is -2.98. The van der Waals surface area contributed by atoms with Crippen LogP contribution in [0.5, 0.6) is 5.75 Å². The molecule has 0 saturated carbocycles. The highest BCUT2D eigenvalue weighted by atomic mass is 32.1. The molecular weight excluding hydrogens is 402 g/mol. The molecule has 1 aliphatic rings. The minimum absolute atomic E-state index is 0.0622. The van der Waals surface area contributed by atoms with Gasteiger partial charge >= 0.3 is 12.6 Å². The maximum Gasteiger partial charge on any atom is 0.387 e. The van der Waals surface area contributed by atoms with Gasteiger partial charge < -0.3 is 14.5 Å². The van der Waals surface area contributed by atoms with Crippen molar-refractivity contribution in [2.45, 2.75) is 39.4 Å². The number of hydrogen-bond acceptors (Lipinski definition) is 6. The molecule has 1 atom stereocenters. The Bertz CT molecular complexity index is 1130. The van der Waals surface area contributed by atoms with Crippen LogP contribution in [0.3, 0.4) is 0 Å². The molecule has 0 aliphatic heterocycles. The first-order valence-electron chi connectivity index (χ1n) is 9.16. The van der Waals surface area contributed by atoms with Crippen molar-refractivity contribution in [3.63, 3.8) is 0 Å². The van der Waals surface area contributed by atoms with Gasteiger partial charge in [0, 0.05) is 4.88 Å². The number of halogens is 2. The molecule has 1 N–H and O–H groups in total. The van der Waals surface area contributed by atoms with Crippen LogP contribution in [0.25, 0.3) is 10.2 Å². The molecule has 2 heterocycles. The molecule has 152 valence electrons. The number of aryl methyl sites for hydroxylation is 1. The Morgan fingerprint density at radius 3 is 3.03 bits per heavy atom. The highest BCUT2D eigenvalue weighted by molar-refractivity contribution is 7.18. The first-order chi connectivity index (χ1) is 13.9. The Labute approximate surface area is 168 Å². The maximum atomic E-state index is 12.6. The van der Waals surface area contributed by atoms with Crippen molar-refractivity contribution in [1.82, 2.24) is 9.97 Å². The van der Waals surface area contributed by atoms with Gasteiger partial charge in [0.2, 0.25) is 0 Å². The lowest BCUT2D eigenvalue weighted by molar-refractivity contribution is -0.0499. The summed E-state index contributed by atoms with van der Waals surface area (Å²) in [5.74, 6) is -0.0464. The molecule has 0 saturated heterocycles. The van der Waals surface area contributed by atoms with Gasteiger partial charge in [-0.05, 0) is 48.9 Å². The first kappa shape index (κ1) is 19.5. The maximum absolute atomic E-state index is 12.6. The average molecular weight is 420 g/mol. The normalized spacial score (nSPS) is 16.1. The van der Waals surface area contributed by atoms with Gasteiger partial charge in [-0.15, -0.1) is 11.3 Å². The standard InChI is InChI=1S/C20H18F2N2O4S/c1-10-5-6-13-14(7-10)29-18-16(13)17(25)23-15(24-18)9-27-19(26)11-3-2-4-12(8-11)28-20(21)22/h2-4,8,10,20H,5-7,9H2,1H3,(H,23,24,25)/t10-/m1/s1. The largest absolute Gasteiger partial charge is 0.454 e. The molecule has 1 aromatic carbocycles. The number of aromatic nitrogens is 2. The van der Waals surface area contributed by atoms with Gasteiger partial charge in [-0.25, -0.2) is 9.78 Å². The zero-order valence-corrected chi connectivity index (χ0v) is 16.4. The lowest BCUT2D eigenvalue weighted by Gasteiger charge is -2.17. The van der Waals surface area contributed by atoms with Crippen molar-refractivity contribution < 1.29 is 23.0 Å². The Kier molecular flexibility index (Phi) is 5.31. The molecule has 0 fully saturated rings. The summed E-state index contributed by atoms with van der Waals surface area (Å²) < 4.78 is 34.1. The second kappa shape index (κ2) is 7.90. The molecule has 1 aliphatic carbocycles. The third kappa shape index (κ3) is 4.14. The number of esters is 1. The third-order valence-electron chi connectivity index (χ3n) is 4.85. The summed E-state index contributed by atoms with van der Waals surface area (Å²) in [6, 6.07) is 5.32. The fraction of sp³-hybridized carbons (Fsp3) is 0.350. The lowest BCUT2D eigenvalue weighted by atomic mass is 9.89. The summed E-state index contributed by atoms with van der Waals surface area (Å²) in [7, 11) is 0. The van der Waals surface area contributed by atoms with Crippen molar-refractivity contribution in [3.8, 4) is 5.75 Å². The Balaban J connectivity index is 1.51. The van der Waals surface area contributed by atoms with E-state index >= 15 is 0 Å². The number of ether oxygens (including phenoxy) is 2. The van der Waals surface area contributed by atoms with Crippen LogP contribution >= 0.6 is 11.3 Å². The SMILES string of the molecule is C[C@@H]1CCc2c(sc3nc(COC(=O)c4cccc(OC(F)F)c4)[nH]c(=O)c23)C1. The van der Waals surface area contributed by atoms with Crippen LogP contribution in [0.4, 0.5) is 8.78 Å². The van der Waals surface area contributed by atoms with E-state index in [0.29, 0.717) is 16.1 Å². The van der Waals surface area contributed by atoms with E-state index in [0.717, 1.165) is 24.8 Å². The van der Waals surface area contributed by atoms with Crippen molar-refractivity contribution in [3.05, 3.63) is 56.4 Å². The van der Waals surface area contributed by atoms with Crippen molar-refractivity contribution >= 4 is 27.5 Å². The van der Waals surface area contributed by atoms with E-state index in [-0.39, 0.29) is 29.3 Å². The van der Waals surface area contributed by atoms with E-state index in [9.17, 15) is 18.4 Å². The lowest BCUT2D eigenvalue weighted by Crippen LogP contribution is -2.16. The molecule has 4 rings (SSSR count). The Morgan fingerprint density at radius 2 is 2.24 bits per heavy atom. The highest BCUT2D eigenvalue weighted by Crippen LogP contribution is 2.35. The van der Waals surface area contributed by atoms with Crippen LogP contribution in [0.2, 0.25) is 0 Å². The zero-order valence-electron chi connectivity index (χ0n) is 15.5. The molecule has 0 spiro atoms.